The summed E-state index contributed by atoms with van der Waals surface area (Å²) in [6.45, 7) is 6.40. The molecule has 106 valence electrons. The minimum Gasteiger partial charge on any atom is -0.490 e. The van der Waals surface area contributed by atoms with E-state index in [1.807, 2.05) is 24.3 Å². The maximum atomic E-state index is 6.00. The summed E-state index contributed by atoms with van der Waals surface area (Å²) in [5.74, 6) is 2.07. The first-order chi connectivity index (χ1) is 9.13. The molecule has 0 atom stereocenters. The summed E-state index contributed by atoms with van der Waals surface area (Å²) in [7, 11) is 1.75. The predicted octanol–water partition coefficient (Wildman–Crippen LogP) is 2.54. The molecule has 0 aliphatic heterocycles. The smallest absolute Gasteiger partial charge is 0.191 e. The van der Waals surface area contributed by atoms with E-state index in [2.05, 4.69) is 29.5 Å². The molecular formula is C14H22ClN3O. The van der Waals surface area contributed by atoms with Gasteiger partial charge < -0.3 is 15.4 Å². The van der Waals surface area contributed by atoms with Gasteiger partial charge in [0.2, 0.25) is 0 Å². The van der Waals surface area contributed by atoms with E-state index in [4.69, 9.17) is 16.3 Å². The Labute approximate surface area is 120 Å². The van der Waals surface area contributed by atoms with Gasteiger partial charge >= 0.3 is 0 Å². The Morgan fingerprint density at radius 1 is 1.32 bits per heavy atom. The van der Waals surface area contributed by atoms with Gasteiger partial charge in [0.05, 0.1) is 11.6 Å². The van der Waals surface area contributed by atoms with Crippen LogP contribution in [-0.4, -0.2) is 32.7 Å². The molecule has 4 nitrogen and oxygen atoms in total. The monoisotopic (exact) mass is 283 g/mol. The van der Waals surface area contributed by atoms with Gasteiger partial charge in [-0.05, 0) is 18.1 Å². The number of nitrogens with zero attached hydrogens (tertiary/aromatic N) is 1. The molecule has 1 aromatic rings. The van der Waals surface area contributed by atoms with Crippen molar-refractivity contribution in [3.8, 4) is 5.75 Å². The molecule has 0 saturated carbocycles. The van der Waals surface area contributed by atoms with Gasteiger partial charge in [-0.3, -0.25) is 4.99 Å². The molecule has 0 radical (unpaired) electrons. The first-order valence-corrected chi connectivity index (χ1v) is 6.83. The van der Waals surface area contributed by atoms with E-state index >= 15 is 0 Å². The number of guanidine groups is 1. The van der Waals surface area contributed by atoms with Crippen LogP contribution in [0.25, 0.3) is 0 Å². The minimum atomic E-state index is 0.534. The van der Waals surface area contributed by atoms with Gasteiger partial charge in [-0.15, -0.1) is 0 Å². The van der Waals surface area contributed by atoms with Crippen LogP contribution in [-0.2, 0) is 0 Å². The Morgan fingerprint density at radius 3 is 2.68 bits per heavy atom. The normalized spacial score (nSPS) is 11.5. The molecule has 0 unspecified atom stereocenters. The number of nitrogens with one attached hydrogen (secondary N) is 2. The van der Waals surface area contributed by atoms with Gasteiger partial charge in [0.1, 0.15) is 12.4 Å². The van der Waals surface area contributed by atoms with Crippen molar-refractivity contribution in [1.29, 1.82) is 0 Å². The summed E-state index contributed by atoms with van der Waals surface area (Å²) in [6.07, 6.45) is 0. The molecule has 0 heterocycles. The van der Waals surface area contributed by atoms with Crippen LogP contribution in [0.3, 0.4) is 0 Å². The van der Waals surface area contributed by atoms with Crippen LogP contribution in [0.5, 0.6) is 5.75 Å². The topological polar surface area (TPSA) is 45.7 Å². The number of benzene rings is 1. The molecule has 1 rings (SSSR count). The molecule has 2 N–H and O–H groups in total. The molecule has 0 saturated heterocycles. The van der Waals surface area contributed by atoms with Gasteiger partial charge in [-0.2, -0.15) is 0 Å². The third kappa shape index (κ3) is 6.34. The molecule has 0 aliphatic rings. The van der Waals surface area contributed by atoms with Crippen molar-refractivity contribution in [2.24, 2.45) is 10.9 Å². The first-order valence-electron chi connectivity index (χ1n) is 6.45. The number of halogens is 1. The highest BCUT2D eigenvalue weighted by Gasteiger charge is 2.01. The van der Waals surface area contributed by atoms with Gasteiger partial charge in [-0.1, -0.05) is 37.6 Å². The summed E-state index contributed by atoms with van der Waals surface area (Å²) in [6, 6.07) is 7.45. The molecule has 0 spiro atoms. The van der Waals surface area contributed by atoms with Crippen molar-refractivity contribution in [3.63, 3.8) is 0 Å². The lowest BCUT2D eigenvalue weighted by Crippen LogP contribution is -2.40. The molecule has 1 aromatic carbocycles. The summed E-state index contributed by atoms with van der Waals surface area (Å²) >= 11 is 6.00. The SMILES string of the molecule is CN=C(NCCOc1ccccc1Cl)NCC(C)C. The van der Waals surface area contributed by atoms with Crippen LogP contribution < -0.4 is 15.4 Å². The fraction of sp³-hybridized carbons (Fsp3) is 0.500. The van der Waals surface area contributed by atoms with Crippen molar-refractivity contribution in [1.82, 2.24) is 10.6 Å². The molecule has 5 heteroatoms. The highest BCUT2D eigenvalue weighted by Crippen LogP contribution is 2.22. The second kappa shape index (κ2) is 8.64. The summed E-state index contributed by atoms with van der Waals surface area (Å²) in [4.78, 5) is 4.13. The van der Waals surface area contributed by atoms with E-state index in [0.717, 1.165) is 12.5 Å². The van der Waals surface area contributed by atoms with Crippen LogP contribution in [0.1, 0.15) is 13.8 Å². The maximum absolute atomic E-state index is 6.00. The molecule has 0 aromatic heterocycles. The third-order valence-corrected chi connectivity index (χ3v) is 2.70. The standard InChI is InChI=1S/C14H22ClN3O/c1-11(2)10-18-14(16-3)17-8-9-19-13-7-5-4-6-12(13)15/h4-7,11H,8-10H2,1-3H3,(H2,16,17,18). The average Bonchev–Trinajstić information content (AvgIpc) is 2.39. The molecule has 0 bridgehead atoms. The van der Waals surface area contributed by atoms with Crippen molar-refractivity contribution in [2.75, 3.05) is 26.7 Å². The number of hydrogen-bond acceptors (Lipinski definition) is 2. The van der Waals surface area contributed by atoms with Crippen LogP contribution in [0.2, 0.25) is 5.02 Å². The largest absolute Gasteiger partial charge is 0.490 e. The molecule has 0 fully saturated rings. The van der Waals surface area contributed by atoms with Crippen molar-refractivity contribution < 1.29 is 4.74 Å². The Bertz CT molecular complexity index is 407. The van der Waals surface area contributed by atoms with Crippen LogP contribution in [0.15, 0.2) is 29.3 Å². The number of para-hydroxylation sites is 1. The van der Waals surface area contributed by atoms with Crippen molar-refractivity contribution in [2.45, 2.75) is 13.8 Å². The fourth-order valence-corrected chi connectivity index (χ4v) is 1.60. The number of aliphatic imine (C=N–C) groups is 1. The highest BCUT2D eigenvalue weighted by molar-refractivity contribution is 6.32. The van der Waals surface area contributed by atoms with E-state index < -0.39 is 0 Å². The van der Waals surface area contributed by atoms with Crippen LogP contribution in [0, 0.1) is 5.92 Å². The maximum Gasteiger partial charge on any atom is 0.191 e. The van der Waals surface area contributed by atoms with Gasteiger partial charge in [0, 0.05) is 13.6 Å². The molecule has 19 heavy (non-hydrogen) atoms. The zero-order valence-electron chi connectivity index (χ0n) is 11.7. The van der Waals surface area contributed by atoms with E-state index in [0.29, 0.717) is 29.8 Å². The van der Waals surface area contributed by atoms with Crippen molar-refractivity contribution >= 4 is 17.6 Å². The second-order valence-electron chi connectivity index (χ2n) is 4.55. The molecule has 0 aliphatic carbocycles. The van der Waals surface area contributed by atoms with E-state index in [-0.39, 0.29) is 0 Å². The van der Waals surface area contributed by atoms with Gasteiger partial charge in [-0.25, -0.2) is 0 Å². The Morgan fingerprint density at radius 2 is 2.05 bits per heavy atom. The fourth-order valence-electron chi connectivity index (χ4n) is 1.41. The molecular weight excluding hydrogens is 262 g/mol. The summed E-state index contributed by atoms with van der Waals surface area (Å²) in [5, 5.41) is 7.05. The first kappa shape index (κ1) is 15.6. The number of hydrogen-bond donors (Lipinski definition) is 2. The Kier molecular flexibility index (Phi) is 7.11. The van der Waals surface area contributed by atoms with E-state index in [9.17, 15) is 0 Å². The minimum absolute atomic E-state index is 0.534. The summed E-state index contributed by atoms with van der Waals surface area (Å²) in [5.41, 5.74) is 0. The predicted molar refractivity (Wildman–Crippen MR) is 81.1 cm³/mol. The van der Waals surface area contributed by atoms with E-state index in [1.54, 1.807) is 7.05 Å². The highest BCUT2D eigenvalue weighted by atomic mass is 35.5. The Balaban J connectivity index is 2.24. The number of rotatable bonds is 6. The van der Waals surface area contributed by atoms with Gasteiger partial charge in [0.15, 0.2) is 5.96 Å². The average molecular weight is 284 g/mol. The lowest BCUT2D eigenvalue weighted by molar-refractivity contribution is 0.322. The lowest BCUT2D eigenvalue weighted by Gasteiger charge is -2.14. The lowest BCUT2D eigenvalue weighted by atomic mass is 10.2. The van der Waals surface area contributed by atoms with Crippen molar-refractivity contribution in [3.05, 3.63) is 29.3 Å². The second-order valence-corrected chi connectivity index (χ2v) is 4.96. The quantitative estimate of drug-likeness (QED) is 0.479. The molecule has 0 amide bonds. The third-order valence-electron chi connectivity index (χ3n) is 2.39. The van der Waals surface area contributed by atoms with E-state index in [1.165, 1.54) is 0 Å². The zero-order valence-corrected chi connectivity index (χ0v) is 12.5. The van der Waals surface area contributed by atoms with Crippen LogP contribution >= 0.6 is 11.6 Å². The Hall–Kier alpha value is -1.42. The number of ether oxygens (including phenoxy) is 1. The zero-order chi connectivity index (χ0) is 14.1. The van der Waals surface area contributed by atoms with Crippen LogP contribution in [0.4, 0.5) is 0 Å². The summed E-state index contributed by atoms with van der Waals surface area (Å²) < 4.78 is 5.58. The van der Waals surface area contributed by atoms with Gasteiger partial charge in [0.25, 0.3) is 0 Å².